The summed E-state index contributed by atoms with van der Waals surface area (Å²) in [4.78, 5) is 22.7. The number of halogens is 3. The van der Waals surface area contributed by atoms with Crippen LogP contribution in [-0.4, -0.2) is 22.1 Å². The van der Waals surface area contributed by atoms with Crippen LogP contribution in [0.5, 0.6) is 5.75 Å². The lowest BCUT2D eigenvalue weighted by molar-refractivity contribution is 0.0692. The molecule has 0 saturated carbocycles. The van der Waals surface area contributed by atoms with Gasteiger partial charge < -0.3 is 15.5 Å². The number of phenolic OH excluding ortho intramolecular Hbond substituents is 1. The third-order valence-corrected chi connectivity index (χ3v) is 3.31. The van der Waals surface area contributed by atoms with Crippen molar-refractivity contribution in [3.8, 4) is 5.75 Å². The second kappa shape index (κ2) is 6.21. The first-order valence-corrected chi connectivity index (χ1v) is 6.57. The zero-order valence-electron chi connectivity index (χ0n) is 10.7. The maximum Gasteiger partial charge on any atom is 0.338 e. The molecule has 0 atom stereocenters. The highest BCUT2D eigenvalue weighted by atomic mass is 35.5. The van der Waals surface area contributed by atoms with Crippen molar-refractivity contribution < 1.29 is 24.2 Å². The first-order chi connectivity index (χ1) is 10.3. The molecule has 0 heterocycles. The Morgan fingerprint density at radius 1 is 1.09 bits per heavy atom. The van der Waals surface area contributed by atoms with Gasteiger partial charge in [0.1, 0.15) is 5.82 Å². The van der Waals surface area contributed by atoms with E-state index >= 15 is 0 Å². The van der Waals surface area contributed by atoms with E-state index in [1.54, 1.807) is 0 Å². The molecule has 0 aliphatic carbocycles. The van der Waals surface area contributed by atoms with Crippen molar-refractivity contribution in [3.05, 3.63) is 57.3 Å². The molecule has 2 rings (SSSR count). The number of nitrogens with one attached hydrogen (secondary N) is 1. The summed E-state index contributed by atoms with van der Waals surface area (Å²) in [5.41, 5.74) is -0.392. The van der Waals surface area contributed by atoms with Crippen molar-refractivity contribution in [2.24, 2.45) is 0 Å². The van der Waals surface area contributed by atoms with E-state index in [4.69, 9.17) is 28.3 Å². The van der Waals surface area contributed by atoms with Crippen LogP contribution in [0.25, 0.3) is 0 Å². The largest absolute Gasteiger partial charge is 0.505 e. The molecule has 2 aromatic carbocycles. The molecule has 0 aliphatic heterocycles. The summed E-state index contributed by atoms with van der Waals surface area (Å²) in [6.07, 6.45) is 0. The molecule has 2 aromatic rings. The number of phenols is 1. The summed E-state index contributed by atoms with van der Waals surface area (Å²) in [5.74, 6) is -3.39. The molecule has 0 aromatic heterocycles. The molecule has 0 bridgehead atoms. The number of carbonyl (C=O) groups is 2. The standard InChI is InChI=1S/C14H8Cl2FNO4/c15-9-3-6(4-10(16)12(9)19)13(20)18-7-1-2-8(14(21)22)11(17)5-7/h1-5,19H,(H,18,20)(H,21,22). The molecule has 1 amide bonds. The number of rotatable bonds is 3. The van der Waals surface area contributed by atoms with Crippen LogP contribution in [0.2, 0.25) is 10.0 Å². The first kappa shape index (κ1) is 16.1. The lowest BCUT2D eigenvalue weighted by Crippen LogP contribution is -2.12. The molecule has 0 unspecified atom stereocenters. The Morgan fingerprint density at radius 2 is 1.68 bits per heavy atom. The van der Waals surface area contributed by atoms with Gasteiger partial charge in [-0.3, -0.25) is 4.79 Å². The van der Waals surface area contributed by atoms with Crippen LogP contribution < -0.4 is 5.32 Å². The van der Waals surface area contributed by atoms with Crippen LogP contribution in [0, 0.1) is 5.82 Å². The van der Waals surface area contributed by atoms with Gasteiger partial charge in [-0.15, -0.1) is 0 Å². The zero-order valence-corrected chi connectivity index (χ0v) is 12.2. The topological polar surface area (TPSA) is 86.6 Å². The Kier molecular flexibility index (Phi) is 4.54. The van der Waals surface area contributed by atoms with E-state index in [9.17, 15) is 19.1 Å². The van der Waals surface area contributed by atoms with E-state index < -0.39 is 23.3 Å². The molecule has 0 saturated heterocycles. The van der Waals surface area contributed by atoms with Crippen LogP contribution in [0.4, 0.5) is 10.1 Å². The number of carboxylic acid groups (broad SMARTS) is 1. The van der Waals surface area contributed by atoms with Gasteiger partial charge in [0.25, 0.3) is 5.91 Å². The zero-order chi connectivity index (χ0) is 16.4. The Labute approximate surface area is 133 Å². The van der Waals surface area contributed by atoms with E-state index in [1.807, 2.05) is 0 Å². The smallest absolute Gasteiger partial charge is 0.338 e. The minimum Gasteiger partial charge on any atom is -0.505 e. The highest BCUT2D eigenvalue weighted by Gasteiger charge is 2.15. The summed E-state index contributed by atoms with van der Waals surface area (Å²) in [5, 5.41) is 20.3. The van der Waals surface area contributed by atoms with Gasteiger partial charge >= 0.3 is 5.97 Å². The van der Waals surface area contributed by atoms with E-state index in [0.717, 1.165) is 12.1 Å². The molecule has 0 aliphatic rings. The first-order valence-electron chi connectivity index (χ1n) is 5.82. The average molecular weight is 344 g/mol. The van der Waals surface area contributed by atoms with Crippen molar-refractivity contribution in [1.82, 2.24) is 0 Å². The fraction of sp³-hybridized carbons (Fsp3) is 0. The van der Waals surface area contributed by atoms with Crippen molar-refractivity contribution in [2.75, 3.05) is 5.32 Å². The molecule has 0 spiro atoms. The SMILES string of the molecule is O=C(Nc1ccc(C(=O)O)c(F)c1)c1cc(Cl)c(O)c(Cl)c1. The second-order valence-electron chi connectivity index (χ2n) is 4.24. The van der Waals surface area contributed by atoms with Gasteiger partial charge in [0, 0.05) is 11.3 Å². The second-order valence-corrected chi connectivity index (χ2v) is 5.06. The molecule has 0 radical (unpaired) electrons. The van der Waals surface area contributed by atoms with E-state index in [0.29, 0.717) is 0 Å². The van der Waals surface area contributed by atoms with Crippen LogP contribution in [0.1, 0.15) is 20.7 Å². The molecule has 22 heavy (non-hydrogen) atoms. The van der Waals surface area contributed by atoms with E-state index in [1.165, 1.54) is 18.2 Å². The minimum absolute atomic E-state index is 0.0514. The number of carbonyl (C=O) groups excluding carboxylic acids is 1. The predicted octanol–water partition coefficient (Wildman–Crippen LogP) is 3.79. The van der Waals surface area contributed by atoms with Crippen molar-refractivity contribution in [2.45, 2.75) is 0 Å². The average Bonchev–Trinajstić information content (AvgIpc) is 2.43. The number of hydrogen-bond acceptors (Lipinski definition) is 3. The normalized spacial score (nSPS) is 10.3. The summed E-state index contributed by atoms with van der Waals surface area (Å²) < 4.78 is 13.5. The molecule has 3 N–H and O–H groups in total. The quantitative estimate of drug-likeness (QED) is 0.791. The van der Waals surface area contributed by atoms with Crippen LogP contribution in [0.15, 0.2) is 30.3 Å². The van der Waals surface area contributed by atoms with E-state index in [-0.39, 0.29) is 27.0 Å². The number of hydrogen-bond donors (Lipinski definition) is 3. The predicted molar refractivity (Wildman–Crippen MR) is 79.4 cm³/mol. The number of carboxylic acids is 1. The highest BCUT2D eigenvalue weighted by Crippen LogP contribution is 2.32. The monoisotopic (exact) mass is 343 g/mol. The molecular weight excluding hydrogens is 336 g/mol. The lowest BCUT2D eigenvalue weighted by atomic mass is 10.1. The third kappa shape index (κ3) is 3.29. The molecular formula is C14H8Cl2FNO4. The third-order valence-electron chi connectivity index (χ3n) is 2.74. The maximum absolute atomic E-state index is 13.5. The lowest BCUT2D eigenvalue weighted by Gasteiger charge is -2.08. The van der Waals surface area contributed by atoms with Gasteiger partial charge in [-0.2, -0.15) is 0 Å². The van der Waals surface area contributed by atoms with Crippen molar-refractivity contribution in [1.29, 1.82) is 0 Å². The summed E-state index contributed by atoms with van der Waals surface area (Å²) in [7, 11) is 0. The summed E-state index contributed by atoms with van der Waals surface area (Å²) in [6.45, 7) is 0. The molecule has 5 nitrogen and oxygen atoms in total. The van der Waals surface area contributed by atoms with Crippen molar-refractivity contribution in [3.63, 3.8) is 0 Å². The molecule has 114 valence electrons. The van der Waals surface area contributed by atoms with Crippen molar-refractivity contribution >= 4 is 40.8 Å². The fourth-order valence-corrected chi connectivity index (χ4v) is 2.15. The number of aromatic carboxylic acids is 1. The number of aromatic hydroxyl groups is 1. The Balaban J connectivity index is 2.26. The van der Waals surface area contributed by atoms with Gasteiger partial charge in [0.15, 0.2) is 5.75 Å². The van der Waals surface area contributed by atoms with Gasteiger partial charge in [0.2, 0.25) is 0 Å². The fourth-order valence-electron chi connectivity index (χ4n) is 1.67. The Hall–Kier alpha value is -2.31. The Bertz CT molecular complexity index is 756. The number of anilines is 1. The maximum atomic E-state index is 13.5. The Morgan fingerprint density at radius 3 is 2.18 bits per heavy atom. The van der Waals surface area contributed by atoms with Gasteiger partial charge in [0.05, 0.1) is 15.6 Å². The minimum atomic E-state index is -1.41. The number of amides is 1. The van der Waals surface area contributed by atoms with Gasteiger partial charge in [-0.1, -0.05) is 23.2 Å². The molecule has 8 heteroatoms. The summed E-state index contributed by atoms with van der Waals surface area (Å²) in [6, 6.07) is 5.54. The molecule has 0 fully saturated rings. The van der Waals surface area contributed by atoms with Gasteiger partial charge in [-0.05, 0) is 30.3 Å². The van der Waals surface area contributed by atoms with E-state index in [2.05, 4.69) is 5.32 Å². The van der Waals surface area contributed by atoms with Crippen LogP contribution >= 0.6 is 23.2 Å². The van der Waals surface area contributed by atoms with Crippen LogP contribution in [0.3, 0.4) is 0 Å². The highest BCUT2D eigenvalue weighted by molar-refractivity contribution is 6.37. The number of benzene rings is 2. The van der Waals surface area contributed by atoms with Crippen LogP contribution in [-0.2, 0) is 0 Å². The summed E-state index contributed by atoms with van der Waals surface area (Å²) >= 11 is 11.4. The van der Waals surface area contributed by atoms with Gasteiger partial charge in [-0.25, -0.2) is 9.18 Å².